The summed E-state index contributed by atoms with van der Waals surface area (Å²) in [5.74, 6) is 1.06. The lowest BCUT2D eigenvalue weighted by Crippen LogP contribution is -1.96. The minimum Gasteiger partial charge on any atom is -0.463 e. The molecule has 1 N–H and O–H groups in total. The number of aliphatic hydroxyl groups is 1. The zero-order chi connectivity index (χ0) is 9.14. The molecule has 0 saturated heterocycles. The molecule has 0 saturated carbocycles. The van der Waals surface area contributed by atoms with Gasteiger partial charge in [0.15, 0.2) is 0 Å². The Morgan fingerprint density at radius 2 is 2.42 bits per heavy atom. The fraction of sp³-hybridized carbons (Fsp3) is 0.222. The van der Waals surface area contributed by atoms with Gasteiger partial charge in [-0.05, 0) is 19.1 Å². The molecule has 0 aliphatic carbocycles. The Hall–Kier alpha value is -1.53. The van der Waals surface area contributed by atoms with Crippen LogP contribution in [0.1, 0.15) is 17.6 Å². The van der Waals surface area contributed by atoms with Crippen LogP contribution in [0.15, 0.2) is 28.7 Å². The van der Waals surface area contributed by atoms with Crippen molar-refractivity contribution in [1.82, 2.24) is 0 Å². The predicted molar refractivity (Wildman–Crippen MR) is 43.2 cm³/mol. The van der Waals surface area contributed by atoms with Gasteiger partial charge in [0, 0.05) is 0 Å². The van der Waals surface area contributed by atoms with Crippen LogP contribution in [-0.4, -0.2) is 5.11 Å². The first-order valence-electron chi connectivity index (χ1n) is 3.48. The van der Waals surface area contributed by atoms with Crippen molar-refractivity contribution in [2.24, 2.45) is 0 Å². The number of aryl methyl sites for hydroxylation is 1. The Balaban J connectivity index is 2.86. The molecule has 0 fully saturated rings. The second-order valence-electron chi connectivity index (χ2n) is 2.49. The largest absolute Gasteiger partial charge is 0.463 e. The highest BCUT2D eigenvalue weighted by atomic mass is 16.4. The minimum absolute atomic E-state index is 0.0874. The molecule has 3 nitrogen and oxygen atoms in total. The van der Waals surface area contributed by atoms with Crippen molar-refractivity contribution in [3.63, 3.8) is 0 Å². The van der Waals surface area contributed by atoms with Crippen LogP contribution in [0.4, 0.5) is 0 Å². The van der Waals surface area contributed by atoms with E-state index in [2.05, 4.69) is 6.58 Å². The van der Waals surface area contributed by atoms with E-state index in [0.29, 0.717) is 11.5 Å². The Kier molecular flexibility index (Phi) is 2.32. The van der Waals surface area contributed by atoms with E-state index >= 15 is 0 Å². The van der Waals surface area contributed by atoms with Crippen molar-refractivity contribution in [1.29, 1.82) is 5.26 Å². The maximum absolute atomic E-state index is 9.39. The van der Waals surface area contributed by atoms with Crippen molar-refractivity contribution >= 4 is 0 Å². The summed E-state index contributed by atoms with van der Waals surface area (Å²) in [6.07, 6.45) is -1.01. The van der Waals surface area contributed by atoms with E-state index < -0.39 is 6.10 Å². The summed E-state index contributed by atoms with van der Waals surface area (Å²) in [6, 6.07) is 5.12. The summed E-state index contributed by atoms with van der Waals surface area (Å²) in [7, 11) is 0. The van der Waals surface area contributed by atoms with E-state index in [4.69, 9.17) is 9.68 Å². The van der Waals surface area contributed by atoms with Crippen molar-refractivity contribution < 1.29 is 9.52 Å². The number of nitriles is 1. The average Bonchev–Trinajstić information content (AvgIpc) is 2.49. The van der Waals surface area contributed by atoms with Gasteiger partial charge < -0.3 is 9.52 Å². The molecule has 3 heteroatoms. The van der Waals surface area contributed by atoms with Crippen LogP contribution < -0.4 is 0 Å². The molecular weight excluding hydrogens is 154 g/mol. The number of furan rings is 1. The van der Waals surface area contributed by atoms with Crippen LogP contribution in [0.25, 0.3) is 0 Å². The van der Waals surface area contributed by atoms with E-state index in [9.17, 15) is 5.11 Å². The Morgan fingerprint density at radius 1 is 1.75 bits per heavy atom. The molecule has 1 heterocycles. The average molecular weight is 163 g/mol. The number of hydrogen-bond acceptors (Lipinski definition) is 3. The second-order valence-corrected chi connectivity index (χ2v) is 2.49. The molecule has 0 radical (unpaired) electrons. The van der Waals surface area contributed by atoms with Gasteiger partial charge in [0.05, 0.1) is 11.6 Å². The quantitative estimate of drug-likeness (QED) is 0.675. The molecule has 1 unspecified atom stereocenters. The fourth-order valence-corrected chi connectivity index (χ4v) is 0.833. The van der Waals surface area contributed by atoms with E-state index in [1.54, 1.807) is 25.1 Å². The molecule has 1 rings (SSSR count). The van der Waals surface area contributed by atoms with Crippen LogP contribution in [0, 0.1) is 18.3 Å². The summed E-state index contributed by atoms with van der Waals surface area (Å²) >= 11 is 0. The minimum atomic E-state index is -1.01. The van der Waals surface area contributed by atoms with E-state index in [1.165, 1.54) is 0 Å². The summed E-state index contributed by atoms with van der Waals surface area (Å²) in [4.78, 5) is 0. The van der Waals surface area contributed by atoms with Crippen LogP contribution in [0.5, 0.6) is 0 Å². The van der Waals surface area contributed by atoms with Gasteiger partial charge in [-0.2, -0.15) is 5.26 Å². The number of nitrogens with zero attached hydrogens (tertiary/aromatic N) is 1. The van der Waals surface area contributed by atoms with Gasteiger partial charge in [-0.25, -0.2) is 0 Å². The molecule has 0 aliphatic heterocycles. The Bertz CT molecular complexity index is 333. The molecule has 0 aliphatic rings. The zero-order valence-electron chi connectivity index (χ0n) is 6.74. The number of rotatable bonds is 2. The standard InChI is InChI=1S/C9H9NO2/c1-6(5-10)9(11)8-4-3-7(2)12-8/h3-4,9,11H,1H2,2H3. The predicted octanol–water partition coefficient (Wildman–Crippen LogP) is 1.70. The van der Waals surface area contributed by atoms with Crippen LogP contribution in [0.2, 0.25) is 0 Å². The molecule has 0 spiro atoms. The number of hydrogen-bond donors (Lipinski definition) is 1. The first-order valence-corrected chi connectivity index (χ1v) is 3.48. The monoisotopic (exact) mass is 163 g/mol. The molecular formula is C9H9NO2. The first-order chi connectivity index (χ1) is 5.65. The van der Waals surface area contributed by atoms with Crippen LogP contribution in [0.3, 0.4) is 0 Å². The van der Waals surface area contributed by atoms with Crippen molar-refractivity contribution in [2.45, 2.75) is 13.0 Å². The highest BCUT2D eigenvalue weighted by Gasteiger charge is 2.14. The summed E-state index contributed by atoms with van der Waals surface area (Å²) < 4.78 is 5.11. The summed E-state index contributed by atoms with van der Waals surface area (Å²) in [5.41, 5.74) is 0.0874. The maximum atomic E-state index is 9.39. The maximum Gasteiger partial charge on any atom is 0.146 e. The molecule has 0 amide bonds. The molecule has 1 aromatic heterocycles. The van der Waals surface area contributed by atoms with Gasteiger partial charge in [-0.15, -0.1) is 0 Å². The smallest absolute Gasteiger partial charge is 0.146 e. The van der Waals surface area contributed by atoms with Crippen LogP contribution in [-0.2, 0) is 0 Å². The Morgan fingerprint density at radius 3 is 2.83 bits per heavy atom. The van der Waals surface area contributed by atoms with Gasteiger partial charge in [-0.1, -0.05) is 6.58 Å². The topological polar surface area (TPSA) is 57.2 Å². The third-order valence-electron chi connectivity index (χ3n) is 1.50. The summed E-state index contributed by atoms with van der Waals surface area (Å²) in [6.45, 7) is 5.16. The molecule has 0 bridgehead atoms. The first kappa shape index (κ1) is 8.57. The van der Waals surface area contributed by atoms with Crippen LogP contribution >= 0.6 is 0 Å². The highest BCUT2D eigenvalue weighted by Crippen LogP contribution is 2.21. The highest BCUT2D eigenvalue weighted by molar-refractivity contribution is 5.27. The van der Waals surface area contributed by atoms with E-state index in [-0.39, 0.29) is 5.57 Å². The zero-order valence-corrected chi connectivity index (χ0v) is 6.74. The second kappa shape index (κ2) is 3.24. The molecule has 1 aromatic rings. The van der Waals surface area contributed by atoms with Gasteiger partial charge in [0.2, 0.25) is 0 Å². The van der Waals surface area contributed by atoms with Crippen molar-refractivity contribution in [3.05, 3.63) is 35.8 Å². The lowest BCUT2D eigenvalue weighted by atomic mass is 10.1. The fourth-order valence-electron chi connectivity index (χ4n) is 0.833. The third-order valence-corrected chi connectivity index (χ3v) is 1.50. The lowest BCUT2D eigenvalue weighted by molar-refractivity contribution is 0.188. The number of aliphatic hydroxyl groups excluding tert-OH is 1. The SMILES string of the molecule is C=C(C#N)C(O)c1ccc(C)o1. The summed E-state index contributed by atoms with van der Waals surface area (Å²) in [5, 5.41) is 17.8. The van der Waals surface area contributed by atoms with E-state index in [1.807, 2.05) is 0 Å². The molecule has 1 atom stereocenters. The lowest BCUT2D eigenvalue weighted by Gasteiger charge is -2.02. The molecule has 12 heavy (non-hydrogen) atoms. The Labute approximate surface area is 70.5 Å². The normalized spacial score (nSPS) is 12.1. The van der Waals surface area contributed by atoms with Gasteiger partial charge in [0.1, 0.15) is 17.6 Å². The van der Waals surface area contributed by atoms with Crippen molar-refractivity contribution in [2.75, 3.05) is 0 Å². The van der Waals surface area contributed by atoms with Gasteiger partial charge in [0.25, 0.3) is 0 Å². The molecule has 62 valence electrons. The van der Waals surface area contributed by atoms with Gasteiger partial charge >= 0.3 is 0 Å². The molecule has 0 aromatic carbocycles. The van der Waals surface area contributed by atoms with Crippen molar-refractivity contribution in [3.8, 4) is 6.07 Å². The third kappa shape index (κ3) is 1.55. The van der Waals surface area contributed by atoms with E-state index in [0.717, 1.165) is 0 Å². The van der Waals surface area contributed by atoms with Gasteiger partial charge in [-0.3, -0.25) is 0 Å².